The molecule has 1 aromatic rings. The molecule has 0 unspecified atom stereocenters. The number of benzene rings is 1. The van der Waals surface area contributed by atoms with Gasteiger partial charge in [0.15, 0.2) is 0 Å². The second kappa shape index (κ2) is 4.08. The van der Waals surface area contributed by atoms with Crippen LogP contribution in [0.1, 0.15) is 50.7 Å². The van der Waals surface area contributed by atoms with Crippen LogP contribution in [0.15, 0.2) is 18.2 Å². The third-order valence-corrected chi connectivity index (χ3v) is 4.09. The molecule has 1 aromatic carbocycles. The molecule has 0 radical (unpaired) electrons. The summed E-state index contributed by atoms with van der Waals surface area (Å²) in [5.41, 5.74) is 1.37. The molecule has 1 aliphatic rings. The van der Waals surface area contributed by atoms with E-state index in [4.69, 9.17) is 0 Å². The fraction of sp³-hybridized carbons (Fsp3) is 0.533. The van der Waals surface area contributed by atoms with Crippen molar-refractivity contribution in [3.8, 4) is 0 Å². The van der Waals surface area contributed by atoms with E-state index in [9.17, 15) is 14.3 Å². The maximum absolute atomic E-state index is 13.6. The Morgan fingerprint density at radius 2 is 2.00 bits per heavy atom. The van der Waals surface area contributed by atoms with Gasteiger partial charge in [-0.2, -0.15) is 0 Å². The number of carboxylic acids is 1. The number of aliphatic carboxylic acids is 1. The zero-order valence-corrected chi connectivity index (χ0v) is 11.2. The van der Waals surface area contributed by atoms with E-state index in [0.717, 1.165) is 5.56 Å². The Kier molecular flexibility index (Phi) is 2.96. The molecule has 0 saturated heterocycles. The van der Waals surface area contributed by atoms with Crippen LogP contribution < -0.4 is 0 Å². The Morgan fingerprint density at radius 3 is 2.44 bits per heavy atom. The van der Waals surface area contributed by atoms with E-state index in [-0.39, 0.29) is 29.0 Å². The van der Waals surface area contributed by atoms with Crippen molar-refractivity contribution in [1.29, 1.82) is 0 Å². The number of rotatable bonds is 3. The number of hydrogen-bond donors (Lipinski definition) is 1. The Morgan fingerprint density at radius 1 is 1.39 bits per heavy atom. The fourth-order valence-corrected chi connectivity index (χ4v) is 2.92. The quantitative estimate of drug-likeness (QED) is 0.886. The van der Waals surface area contributed by atoms with Gasteiger partial charge in [-0.15, -0.1) is 0 Å². The number of hydrogen-bond acceptors (Lipinski definition) is 1. The minimum atomic E-state index is -0.763. The summed E-state index contributed by atoms with van der Waals surface area (Å²) in [6, 6.07) is 5.00. The highest BCUT2D eigenvalue weighted by Gasteiger charge is 2.62. The predicted octanol–water partition coefficient (Wildman–Crippen LogP) is 3.77. The van der Waals surface area contributed by atoms with Crippen molar-refractivity contribution < 1.29 is 14.3 Å². The molecule has 3 heteroatoms. The average Bonchev–Trinajstić information content (AvgIpc) is 2.82. The van der Waals surface area contributed by atoms with Crippen LogP contribution in [0.25, 0.3) is 0 Å². The fourth-order valence-electron chi connectivity index (χ4n) is 2.92. The average molecular weight is 250 g/mol. The van der Waals surface area contributed by atoms with Crippen molar-refractivity contribution in [2.24, 2.45) is 11.3 Å². The summed E-state index contributed by atoms with van der Waals surface area (Å²) in [4.78, 5) is 11.2. The summed E-state index contributed by atoms with van der Waals surface area (Å²) in [6.07, 6.45) is 0. The number of carboxylic acid groups (broad SMARTS) is 1. The second-order valence-corrected chi connectivity index (χ2v) is 6.05. The van der Waals surface area contributed by atoms with Gasteiger partial charge in [0, 0.05) is 5.92 Å². The highest BCUT2D eigenvalue weighted by molar-refractivity contribution is 5.77. The first-order valence-corrected chi connectivity index (χ1v) is 6.29. The standard InChI is InChI=1S/C15H19FO2/c1-8(2)10-7-9(5-6-11(10)16)12-13(14(17)18)15(12,3)4/h5-8,12-13H,1-4H3,(H,17,18)/t12-,13+/m1/s1. The van der Waals surface area contributed by atoms with Crippen LogP contribution in [0.3, 0.4) is 0 Å². The Bertz CT molecular complexity index is 491. The summed E-state index contributed by atoms with van der Waals surface area (Å²) in [6.45, 7) is 7.79. The van der Waals surface area contributed by atoms with Crippen molar-refractivity contribution in [3.63, 3.8) is 0 Å². The molecule has 1 N–H and O–H groups in total. The van der Waals surface area contributed by atoms with E-state index < -0.39 is 5.97 Å². The minimum absolute atomic E-state index is 0.00639. The minimum Gasteiger partial charge on any atom is -0.481 e. The van der Waals surface area contributed by atoms with Crippen LogP contribution in [-0.2, 0) is 4.79 Å². The molecule has 1 aliphatic carbocycles. The van der Waals surface area contributed by atoms with Crippen molar-refractivity contribution in [1.82, 2.24) is 0 Å². The van der Waals surface area contributed by atoms with Gasteiger partial charge in [0.1, 0.15) is 5.82 Å². The molecule has 0 spiro atoms. The molecule has 2 atom stereocenters. The molecule has 1 saturated carbocycles. The van der Waals surface area contributed by atoms with Crippen molar-refractivity contribution in [3.05, 3.63) is 35.1 Å². The lowest BCUT2D eigenvalue weighted by atomic mass is 9.96. The molecule has 2 rings (SSSR count). The molecule has 1 fully saturated rings. The summed E-state index contributed by atoms with van der Waals surface area (Å²) in [5.74, 6) is -1.23. The van der Waals surface area contributed by atoms with Gasteiger partial charge in [0.05, 0.1) is 5.92 Å². The second-order valence-electron chi connectivity index (χ2n) is 6.05. The van der Waals surface area contributed by atoms with Crippen LogP contribution in [0.4, 0.5) is 4.39 Å². The lowest BCUT2D eigenvalue weighted by molar-refractivity contribution is -0.139. The van der Waals surface area contributed by atoms with Gasteiger partial charge in [0.25, 0.3) is 0 Å². The van der Waals surface area contributed by atoms with Crippen LogP contribution in [0.2, 0.25) is 0 Å². The van der Waals surface area contributed by atoms with Gasteiger partial charge in [-0.3, -0.25) is 4.79 Å². The first-order valence-electron chi connectivity index (χ1n) is 6.29. The molecule has 18 heavy (non-hydrogen) atoms. The summed E-state index contributed by atoms with van der Waals surface area (Å²) in [7, 11) is 0. The zero-order valence-electron chi connectivity index (χ0n) is 11.2. The van der Waals surface area contributed by atoms with Gasteiger partial charge in [-0.05, 0) is 28.5 Å². The van der Waals surface area contributed by atoms with E-state index in [1.807, 2.05) is 33.8 Å². The van der Waals surface area contributed by atoms with Crippen molar-refractivity contribution in [2.45, 2.75) is 39.5 Å². The number of carbonyl (C=O) groups is 1. The lowest BCUT2D eigenvalue weighted by Gasteiger charge is -2.10. The van der Waals surface area contributed by atoms with Crippen molar-refractivity contribution >= 4 is 5.97 Å². The summed E-state index contributed by atoms with van der Waals surface area (Å²) in [5, 5.41) is 9.18. The molecular weight excluding hydrogens is 231 g/mol. The highest BCUT2D eigenvalue weighted by Crippen LogP contribution is 2.64. The predicted molar refractivity (Wildman–Crippen MR) is 68.1 cm³/mol. The Hall–Kier alpha value is -1.38. The van der Waals surface area contributed by atoms with Gasteiger partial charge >= 0.3 is 5.97 Å². The smallest absolute Gasteiger partial charge is 0.307 e. The molecule has 0 aromatic heterocycles. The molecule has 0 bridgehead atoms. The molecular formula is C15H19FO2. The first kappa shape index (κ1) is 13.1. The Labute approximate surface area is 107 Å². The van der Waals surface area contributed by atoms with Gasteiger partial charge in [0.2, 0.25) is 0 Å². The molecule has 0 amide bonds. The maximum atomic E-state index is 13.6. The van der Waals surface area contributed by atoms with Crippen molar-refractivity contribution in [2.75, 3.05) is 0 Å². The van der Waals surface area contributed by atoms with Crippen LogP contribution >= 0.6 is 0 Å². The highest BCUT2D eigenvalue weighted by atomic mass is 19.1. The van der Waals surface area contributed by atoms with Crippen LogP contribution in [0.5, 0.6) is 0 Å². The Balaban J connectivity index is 2.37. The zero-order chi connectivity index (χ0) is 13.7. The van der Waals surface area contributed by atoms with E-state index in [1.54, 1.807) is 6.07 Å². The van der Waals surface area contributed by atoms with E-state index in [2.05, 4.69) is 0 Å². The van der Waals surface area contributed by atoms with Crippen LogP contribution in [0, 0.1) is 17.2 Å². The molecule has 0 aliphatic heterocycles. The molecule has 2 nitrogen and oxygen atoms in total. The summed E-state index contributed by atoms with van der Waals surface area (Å²) < 4.78 is 13.6. The topological polar surface area (TPSA) is 37.3 Å². The van der Waals surface area contributed by atoms with Gasteiger partial charge in [-0.1, -0.05) is 39.8 Å². The third-order valence-electron chi connectivity index (χ3n) is 4.09. The SMILES string of the molecule is CC(C)c1cc([C@@H]2[C@@H](C(=O)O)C2(C)C)ccc1F. The third kappa shape index (κ3) is 1.92. The lowest BCUT2D eigenvalue weighted by Crippen LogP contribution is -2.03. The molecule has 98 valence electrons. The number of halogens is 1. The van der Waals surface area contributed by atoms with Gasteiger partial charge in [-0.25, -0.2) is 4.39 Å². The normalized spacial score (nSPS) is 25.2. The largest absolute Gasteiger partial charge is 0.481 e. The summed E-state index contributed by atoms with van der Waals surface area (Å²) >= 11 is 0. The monoisotopic (exact) mass is 250 g/mol. The van der Waals surface area contributed by atoms with E-state index in [1.165, 1.54) is 6.07 Å². The van der Waals surface area contributed by atoms with E-state index in [0.29, 0.717) is 5.56 Å². The van der Waals surface area contributed by atoms with Crippen LogP contribution in [-0.4, -0.2) is 11.1 Å². The molecule has 0 heterocycles. The first-order chi connectivity index (χ1) is 8.26. The van der Waals surface area contributed by atoms with E-state index >= 15 is 0 Å². The van der Waals surface area contributed by atoms with Gasteiger partial charge < -0.3 is 5.11 Å². The maximum Gasteiger partial charge on any atom is 0.307 e.